The summed E-state index contributed by atoms with van der Waals surface area (Å²) in [6.07, 6.45) is 3.52. The van der Waals surface area contributed by atoms with Crippen LogP contribution in [0.3, 0.4) is 0 Å². The summed E-state index contributed by atoms with van der Waals surface area (Å²) in [5.41, 5.74) is -0.647. The number of carbonyl (C=O) groups excluding carboxylic acids is 1. The molecule has 0 atom stereocenters. The van der Waals surface area contributed by atoms with Gasteiger partial charge in [-0.25, -0.2) is 0 Å². The number of nitrogens with zero attached hydrogens (tertiary/aromatic N) is 2. The number of hydrogen-bond donors (Lipinski definition) is 1. The minimum atomic E-state index is -0.647. The largest absolute Gasteiger partial charge is 0.492 e. The van der Waals surface area contributed by atoms with E-state index >= 15 is 0 Å². The first-order valence-electron chi connectivity index (χ1n) is 7.82. The molecule has 5 nitrogen and oxygen atoms in total. The molecule has 0 radical (unpaired) electrons. The number of carbonyl (C=O) groups is 1. The number of nitrogens with one attached hydrogen (secondary N) is 1. The number of hydrogen-bond acceptors (Lipinski definition) is 4. The van der Waals surface area contributed by atoms with E-state index in [1.165, 1.54) is 0 Å². The molecule has 0 spiro atoms. The standard InChI is InChI=1S/C17H22BrN3O2/c1-21(10-11-23-15-6-4-14(18)5-7-15)12-16(22)20-17(13-19)8-2-3-9-17/h4-7H,2-3,8-12H2,1H3,(H,20,22). The van der Waals surface area contributed by atoms with Crippen LogP contribution in [0.25, 0.3) is 0 Å². The molecule has 1 amide bonds. The Morgan fingerprint density at radius 1 is 1.39 bits per heavy atom. The van der Waals surface area contributed by atoms with Crippen molar-refractivity contribution in [2.75, 3.05) is 26.7 Å². The van der Waals surface area contributed by atoms with E-state index in [-0.39, 0.29) is 12.5 Å². The van der Waals surface area contributed by atoms with Gasteiger partial charge in [0.15, 0.2) is 0 Å². The van der Waals surface area contributed by atoms with Crippen molar-refractivity contribution in [2.45, 2.75) is 31.2 Å². The van der Waals surface area contributed by atoms with Crippen molar-refractivity contribution in [1.29, 1.82) is 5.26 Å². The lowest BCUT2D eigenvalue weighted by molar-refractivity contribution is -0.123. The van der Waals surface area contributed by atoms with E-state index in [9.17, 15) is 10.1 Å². The van der Waals surface area contributed by atoms with E-state index in [1.54, 1.807) is 0 Å². The van der Waals surface area contributed by atoms with Gasteiger partial charge in [-0.1, -0.05) is 15.9 Å². The predicted molar refractivity (Wildman–Crippen MR) is 92.1 cm³/mol. The van der Waals surface area contributed by atoms with Crippen LogP contribution in [0.1, 0.15) is 25.7 Å². The average molecular weight is 380 g/mol. The lowest BCUT2D eigenvalue weighted by Crippen LogP contribution is -2.48. The SMILES string of the molecule is CN(CCOc1ccc(Br)cc1)CC(=O)NC1(C#N)CCCC1. The molecular formula is C17H22BrN3O2. The number of ether oxygens (including phenoxy) is 1. The van der Waals surface area contributed by atoms with Crippen LogP contribution >= 0.6 is 15.9 Å². The molecule has 0 saturated heterocycles. The highest BCUT2D eigenvalue weighted by molar-refractivity contribution is 9.10. The van der Waals surface area contributed by atoms with E-state index in [0.717, 1.165) is 35.9 Å². The van der Waals surface area contributed by atoms with Crippen LogP contribution in [0.4, 0.5) is 0 Å². The third-order valence-electron chi connectivity index (χ3n) is 4.02. The quantitative estimate of drug-likeness (QED) is 0.790. The van der Waals surface area contributed by atoms with Crippen molar-refractivity contribution in [3.63, 3.8) is 0 Å². The van der Waals surface area contributed by atoms with Gasteiger partial charge in [-0.05, 0) is 57.0 Å². The molecule has 0 unspecified atom stereocenters. The Kier molecular flexibility index (Phi) is 6.43. The van der Waals surface area contributed by atoms with Crippen molar-refractivity contribution in [2.24, 2.45) is 0 Å². The molecule has 6 heteroatoms. The summed E-state index contributed by atoms with van der Waals surface area (Å²) in [5.74, 6) is 0.708. The molecule has 1 aromatic carbocycles. The third-order valence-corrected chi connectivity index (χ3v) is 4.55. The molecule has 0 heterocycles. The second kappa shape index (κ2) is 8.32. The number of likely N-dealkylation sites (N-methyl/N-ethyl adjacent to an activating group) is 1. The first-order chi connectivity index (χ1) is 11.0. The molecule has 1 fully saturated rings. The van der Waals surface area contributed by atoms with Crippen molar-refractivity contribution >= 4 is 21.8 Å². The smallest absolute Gasteiger partial charge is 0.235 e. The molecule has 1 aliphatic carbocycles. The highest BCUT2D eigenvalue weighted by Gasteiger charge is 2.35. The predicted octanol–water partition coefficient (Wildman–Crippen LogP) is 2.71. The average Bonchev–Trinajstić information content (AvgIpc) is 2.98. The van der Waals surface area contributed by atoms with Crippen LogP contribution in [0.15, 0.2) is 28.7 Å². The van der Waals surface area contributed by atoms with Crippen molar-refractivity contribution in [3.05, 3.63) is 28.7 Å². The first-order valence-corrected chi connectivity index (χ1v) is 8.61. The Bertz CT molecular complexity index is 562. The molecule has 0 aromatic heterocycles. The summed E-state index contributed by atoms with van der Waals surface area (Å²) in [6, 6.07) is 9.92. The number of nitriles is 1. The van der Waals surface area contributed by atoms with Gasteiger partial charge < -0.3 is 10.1 Å². The third kappa shape index (κ3) is 5.52. The van der Waals surface area contributed by atoms with Crippen LogP contribution in [-0.4, -0.2) is 43.1 Å². The van der Waals surface area contributed by atoms with Crippen LogP contribution in [0, 0.1) is 11.3 Å². The van der Waals surface area contributed by atoms with Gasteiger partial charge in [-0.15, -0.1) is 0 Å². The topological polar surface area (TPSA) is 65.4 Å². The molecular weight excluding hydrogens is 358 g/mol. The van der Waals surface area contributed by atoms with Crippen molar-refractivity contribution in [3.8, 4) is 11.8 Å². The fourth-order valence-corrected chi connectivity index (χ4v) is 2.99. The Morgan fingerprint density at radius 3 is 2.65 bits per heavy atom. The summed E-state index contributed by atoms with van der Waals surface area (Å²) < 4.78 is 6.65. The molecule has 23 heavy (non-hydrogen) atoms. The number of halogens is 1. The number of benzene rings is 1. The van der Waals surface area contributed by atoms with Crippen LogP contribution in [-0.2, 0) is 4.79 Å². The molecule has 124 valence electrons. The second-order valence-corrected chi connectivity index (χ2v) is 6.91. The minimum Gasteiger partial charge on any atom is -0.492 e. The fourth-order valence-electron chi connectivity index (χ4n) is 2.72. The number of rotatable bonds is 7. The van der Waals surface area contributed by atoms with Gasteiger partial charge in [-0.2, -0.15) is 5.26 Å². The van der Waals surface area contributed by atoms with E-state index in [0.29, 0.717) is 13.2 Å². The van der Waals surface area contributed by atoms with Gasteiger partial charge in [0.05, 0.1) is 12.6 Å². The summed E-state index contributed by atoms with van der Waals surface area (Å²) in [5, 5.41) is 12.2. The van der Waals surface area contributed by atoms with E-state index < -0.39 is 5.54 Å². The zero-order valence-corrected chi connectivity index (χ0v) is 14.9. The molecule has 1 aliphatic rings. The van der Waals surface area contributed by atoms with E-state index in [1.807, 2.05) is 36.2 Å². The Hall–Kier alpha value is -1.58. The summed E-state index contributed by atoms with van der Waals surface area (Å²) >= 11 is 3.38. The first kappa shape index (κ1) is 17.8. The van der Waals surface area contributed by atoms with Gasteiger partial charge in [0, 0.05) is 11.0 Å². The maximum absolute atomic E-state index is 12.1. The molecule has 1 N–H and O–H groups in total. The van der Waals surface area contributed by atoms with Gasteiger partial charge >= 0.3 is 0 Å². The zero-order chi connectivity index (χ0) is 16.7. The van der Waals surface area contributed by atoms with Gasteiger partial charge in [0.25, 0.3) is 0 Å². The monoisotopic (exact) mass is 379 g/mol. The number of amides is 1. The highest BCUT2D eigenvalue weighted by atomic mass is 79.9. The summed E-state index contributed by atoms with van der Waals surface area (Å²) in [4.78, 5) is 14.0. The van der Waals surface area contributed by atoms with Gasteiger partial charge in [0.2, 0.25) is 5.91 Å². The lowest BCUT2D eigenvalue weighted by atomic mass is 10.00. The molecule has 1 aromatic rings. The molecule has 0 aliphatic heterocycles. The van der Waals surface area contributed by atoms with Crippen molar-refractivity contribution in [1.82, 2.24) is 10.2 Å². The summed E-state index contributed by atoms with van der Waals surface area (Å²) in [6.45, 7) is 1.42. The lowest BCUT2D eigenvalue weighted by Gasteiger charge is -2.24. The fraction of sp³-hybridized carbons (Fsp3) is 0.529. The maximum atomic E-state index is 12.1. The second-order valence-electron chi connectivity index (χ2n) is 5.99. The maximum Gasteiger partial charge on any atom is 0.235 e. The van der Waals surface area contributed by atoms with E-state index in [2.05, 4.69) is 27.3 Å². The van der Waals surface area contributed by atoms with Crippen LogP contribution in [0.5, 0.6) is 5.75 Å². The normalized spacial score (nSPS) is 16.1. The Morgan fingerprint density at radius 2 is 2.04 bits per heavy atom. The molecule has 1 saturated carbocycles. The van der Waals surface area contributed by atoms with Gasteiger partial charge in [-0.3, -0.25) is 9.69 Å². The molecule has 2 rings (SSSR count). The Labute approximate surface area is 145 Å². The highest BCUT2D eigenvalue weighted by Crippen LogP contribution is 2.28. The van der Waals surface area contributed by atoms with Crippen LogP contribution < -0.4 is 10.1 Å². The zero-order valence-electron chi connectivity index (χ0n) is 13.3. The summed E-state index contributed by atoms with van der Waals surface area (Å²) in [7, 11) is 1.87. The van der Waals surface area contributed by atoms with Gasteiger partial charge in [0.1, 0.15) is 17.9 Å². The minimum absolute atomic E-state index is 0.0976. The Balaban J connectivity index is 1.69. The van der Waals surface area contributed by atoms with E-state index in [4.69, 9.17) is 4.74 Å². The van der Waals surface area contributed by atoms with Crippen molar-refractivity contribution < 1.29 is 9.53 Å². The molecule has 0 bridgehead atoms. The van der Waals surface area contributed by atoms with Crippen LogP contribution in [0.2, 0.25) is 0 Å².